The molecule has 7 heteroatoms. The van der Waals surface area contributed by atoms with Crippen molar-refractivity contribution in [2.24, 2.45) is 0 Å². The summed E-state index contributed by atoms with van der Waals surface area (Å²) in [5.41, 5.74) is 0. The van der Waals surface area contributed by atoms with Crippen molar-refractivity contribution in [3.05, 3.63) is 11.7 Å². The zero-order valence-electron chi connectivity index (χ0n) is 9.97. The molecule has 1 heterocycles. The fourth-order valence-electron chi connectivity index (χ4n) is 1.58. The van der Waals surface area contributed by atoms with Gasteiger partial charge in [-0.3, -0.25) is 0 Å². The maximum absolute atomic E-state index is 11.9. The summed E-state index contributed by atoms with van der Waals surface area (Å²) in [4.78, 5) is 4.04. The Labute approximate surface area is 109 Å². The van der Waals surface area contributed by atoms with E-state index >= 15 is 0 Å². The Bertz CT molecular complexity index is 341. The van der Waals surface area contributed by atoms with E-state index in [2.05, 4.69) is 10.1 Å². The predicted molar refractivity (Wildman–Crippen MR) is 61.3 cm³/mol. The maximum atomic E-state index is 11.9. The van der Waals surface area contributed by atoms with Gasteiger partial charge in [0.05, 0.1) is 0 Å². The molecule has 1 aromatic heterocycles. The van der Waals surface area contributed by atoms with Gasteiger partial charge in [0, 0.05) is 12.8 Å². The van der Waals surface area contributed by atoms with Crippen LogP contribution in [0.15, 0.2) is 4.52 Å². The normalized spacial score (nSPS) is 12.0. The fourth-order valence-corrected chi connectivity index (χ4v) is 1.69. The van der Waals surface area contributed by atoms with Gasteiger partial charge in [-0.1, -0.05) is 24.4 Å². The summed E-state index contributed by atoms with van der Waals surface area (Å²) in [7, 11) is 0. The molecule has 0 aliphatic heterocycles. The van der Waals surface area contributed by atoms with Gasteiger partial charge in [0.2, 0.25) is 5.89 Å². The van der Waals surface area contributed by atoms with Crippen molar-refractivity contribution in [3.63, 3.8) is 0 Å². The molecule has 1 rings (SSSR count). The van der Waals surface area contributed by atoms with Crippen molar-refractivity contribution in [2.75, 3.05) is 0 Å². The van der Waals surface area contributed by atoms with E-state index in [1.165, 1.54) is 0 Å². The van der Waals surface area contributed by atoms with Crippen LogP contribution in [0.1, 0.15) is 50.2 Å². The van der Waals surface area contributed by atoms with Gasteiger partial charge in [-0.05, 0) is 12.8 Å². The van der Waals surface area contributed by atoms with Crippen LogP contribution in [0, 0.1) is 0 Å². The Morgan fingerprint density at radius 2 is 1.72 bits per heavy atom. The molecule has 1 aromatic rings. The van der Waals surface area contributed by atoms with E-state index in [-0.39, 0.29) is 12.3 Å². The monoisotopic (exact) mass is 284 g/mol. The van der Waals surface area contributed by atoms with E-state index in [9.17, 15) is 13.2 Å². The summed E-state index contributed by atoms with van der Waals surface area (Å²) in [6.45, 7) is 0. The van der Waals surface area contributed by atoms with Gasteiger partial charge in [0.15, 0.2) is 5.82 Å². The van der Waals surface area contributed by atoms with E-state index in [4.69, 9.17) is 16.1 Å². The predicted octanol–water partition coefficient (Wildman–Crippen LogP) is 4.25. The van der Waals surface area contributed by atoms with Gasteiger partial charge in [-0.15, -0.1) is 11.6 Å². The van der Waals surface area contributed by atoms with Crippen LogP contribution in [-0.4, -0.2) is 16.3 Å². The van der Waals surface area contributed by atoms with E-state index in [0.717, 1.165) is 19.3 Å². The Hall–Kier alpha value is -0.780. The van der Waals surface area contributed by atoms with Gasteiger partial charge in [0.25, 0.3) is 0 Å². The standard InChI is InChI=1S/C11H16ClF3N2O/c12-8-10-16-9(17-18-10)6-4-2-1-3-5-7-11(13,14)15/h1-8H2. The zero-order valence-corrected chi connectivity index (χ0v) is 10.7. The second kappa shape index (κ2) is 7.61. The van der Waals surface area contributed by atoms with Crippen LogP contribution in [0.4, 0.5) is 13.2 Å². The van der Waals surface area contributed by atoms with E-state index in [0.29, 0.717) is 24.6 Å². The highest BCUT2D eigenvalue weighted by atomic mass is 35.5. The van der Waals surface area contributed by atoms with Crippen LogP contribution < -0.4 is 0 Å². The zero-order chi connectivity index (χ0) is 13.4. The molecule has 0 saturated carbocycles. The summed E-state index contributed by atoms with van der Waals surface area (Å²) in [6.07, 6.45) is -0.674. The number of unbranched alkanes of at least 4 members (excludes halogenated alkanes) is 4. The Balaban J connectivity index is 1.99. The fraction of sp³-hybridized carbons (Fsp3) is 0.818. The highest BCUT2D eigenvalue weighted by Gasteiger charge is 2.25. The molecule has 0 aromatic carbocycles. The van der Waals surface area contributed by atoms with Crippen molar-refractivity contribution in [3.8, 4) is 0 Å². The van der Waals surface area contributed by atoms with Crippen LogP contribution in [0.2, 0.25) is 0 Å². The highest BCUT2D eigenvalue weighted by Crippen LogP contribution is 2.23. The lowest BCUT2D eigenvalue weighted by Crippen LogP contribution is -2.06. The third kappa shape index (κ3) is 6.83. The first-order valence-electron chi connectivity index (χ1n) is 5.95. The van der Waals surface area contributed by atoms with Gasteiger partial charge < -0.3 is 4.52 Å². The molecule has 104 valence electrons. The van der Waals surface area contributed by atoms with Crippen molar-refractivity contribution in [1.29, 1.82) is 0 Å². The SMILES string of the molecule is FC(F)(F)CCCCCCCc1noc(CCl)n1. The molecule has 0 atom stereocenters. The average Bonchev–Trinajstić information content (AvgIpc) is 2.74. The summed E-state index contributed by atoms with van der Waals surface area (Å²) in [5, 5.41) is 3.73. The number of rotatable bonds is 8. The van der Waals surface area contributed by atoms with Crippen molar-refractivity contribution in [2.45, 2.75) is 57.0 Å². The number of alkyl halides is 4. The molecule has 0 N–H and O–H groups in total. The lowest BCUT2D eigenvalue weighted by atomic mass is 10.1. The second-order valence-electron chi connectivity index (χ2n) is 4.12. The number of hydrogen-bond donors (Lipinski definition) is 0. The van der Waals surface area contributed by atoms with Crippen LogP contribution >= 0.6 is 11.6 Å². The first-order valence-corrected chi connectivity index (χ1v) is 6.49. The molecule has 18 heavy (non-hydrogen) atoms. The third-order valence-corrected chi connectivity index (χ3v) is 2.71. The summed E-state index contributed by atoms with van der Waals surface area (Å²) in [5.74, 6) is 1.21. The van der Waals surface area contributed by atoms with E-state index in [1.54, 1.807) is 0 Å². The molecular weight excluding hydrogens is 269 g/mol. The Morgan fingerprint density at radius 3 is 2.33 bits per heavy atom. The first-order chi connectivity index (χ1) is 8.51. The number of halogens is 4. The Kier molecular flexibility index (Phi) is 6.46. The maximum Gasteiger partial charge on any atom is 0.389 e. The van der Waals surface area contributed by atoms with E-state index < -0.39 is 12.6 Å². The lowest BCUT2D eigenvalue weighted by molar-refractivity contribution is -0.135. The molecule has 0 unspecified atom stereocenters. The lowest BCUT2D eigenvalue weighted by Gasteiger charge is -2.05. The number of nitrogens with zero attached hydrogens (tertiary/aromatic N) is 2. The second-order valence-corrected chi connectivity index (χ2v) is 4.39. The minimum absolute atomic E-state index is 0.199. The largest absolute Gasteiger partial charge is 0.389 e. The minimum atomic E-state index is -4.03. The summed E-state index contributed by atoms with van der Waals surface area (Å²) in [6, 6.07) is 0. The van der Waals surface area contributed by atoms with Crippen molar-refractivity contribution < 1.29 is 17.7 Å². The smallest absolute Gasteiger partial charge is 0.338 e. The summed E-state index contributed by atoms with van der Waals surface area (Å²) < 4.78 is 40.4. The molecular formula is C11H16ClF3N2O. The quantitative estimate of drug-likeness (QED) is 0.529. The minimum Gasteiger partial charge on any atom is -0.338 e. The molecule has 0 amide bonds. The van der Waals surface area contributed by atoms with Crippen LogP contribution in [-0.2, 0) is 12.3 Å². The molecule has 0 bridgehead atoms. The van der Waals surface area contributed by atoms with E-state index in [1.807, 2.05) is 0 Å². The Morgan fingerprint density at radius 1 is 1.06 bits per heavy atom. The molecule has 0 radical (unpaired) electrons. The van der Waals surface area contributed by atoms with Crippen molar-refractivity contribution in [1.82, 2.24) is 10.1 Å². The van der Waals surface area contributed by atoms with Crippen LogP contribution in [0.25, 0.3) is 0 Å². The molecule has 0 aliphatic rings. The number of hydrogen-bond acceptors (Lipinski definition) is 3. The van der Waals surface area contributed by atoms with Gasteiger partial charge in [0.1, 0.15) is 5.88 Å². The number of aromatic nitrogens is 2. The third-order valence-electron chi connectivity index (χ3n) is 2.49. The topological polar surface area (TPSA) is 38.9 Å². The van der Waals surface area contributed by atoms with Crippen molar-refractivity contribution >= 4 is 11.6 Å². The molecule has 0 aliphatic carbocycles. The molecule has 3 nitrogen and oxygen atoms in total. The van der Waals surface area contributed by atoms with Crippen LogP contribution in [0.3, 0.4) is 0 Å². The van der Waals surface area contributed by atoms with Gasteiger partial charge in [-0.2, -0.15) is 18.2 Å². The first kappa shape index (κ1) is 15.3. The van der Waals surface area contributed by atoms with Crippen LogP contribution in [0.5, 0.6) is 0 Å². The van der Waals surface area contributed by atoms with Gasteiger partial charge in [-0.25, -0.2) is 0 Å². The molecule has 0 spiro atoms. The average molecular weight is 285 g/mol. The highest BCUT2D eigenvalue weighted by molar-refractivity contribution is 6.16. The number of aryl methyl sites for hydroxylation is 1. The summed E-state index contributed by atoms with van der Waals surface area (Å²) >= 11 is 5.51. The molecule has 0 saturated heterocycles. The molecule has 0 fully saturated rings. The van der Waals surface area contributed by atoms with Gasteiger partial charge >= 0.3 is 6.18 Å².